The zero-order chi connectivity index (χ0) is 13.7. The molecule has 1 heterocycles. The lowest BCUT2D eigenvalue weighted by atomic mass is 10.1. The Morgan fingerprint density at radius 3 is 2.68 bits per heavy atom. The second kappa shape index (κ2) is 6.80. The normalized spacial score (nSPS) is 18.2. The van der Waals surface area contributed by atoms with Crippen LogP contribution in [-0.2, 0) is 0 Å². The number of unbranched alkanes of at least 4 members (excludes halogenated alkanes) is 1. The molecule has 3 nitrogen and oxygen atoms in total. The molecule has 0 saturated carbocycles. The summed E-state index contributed by atoms with van der Waals surface area (Å²) in [6.07, 6.45) is 3.59. The van der Waals surface area contributed by atoms with Crippen molar-refractivity contribution in [3.63, 3.8) is 0 Å². The third-order valence-electron chi connectivity index (χ3n) is 3.63. The highest BCUT2D eigenvalue weighted by molar-refractivity contribution is 5.47. The average molecular weight is 263 g/mol. The highest BCUT2D eigenvalue weighted by Crippen LogP contribution is 2.33. The SMILES string of the molecule is CCCCNCC1CCOc2cc(C)c(C)cc2O1. The molecule has 0 amide bonds. The van der Waals surface area contributed by atoms with Crippen LogP contribution in [0.2, 0.25) is 0 Å². The van der Waals surface area contributed by atoms with Gasteiger partial charge in [-0.2, -0.15) is 0 Å². The number of benzene rings is 1. The van der Waals surface area contributed by atoms with Gasteiger partial charge in [0.05, 0.1) is 6.61 Å². The third-order valence-corrected chi connectivity index (χ3v) is 3.63. The summed E-state index contributed by atoms with van der Waals surface area (Å²) in [7, 11) is 0. The van der Waals surface area contributed by atoms with Crippen molar-refractivity contribution in [2.24, 2.45) is 0 Å². The van der Waals surface area contributed by atoms with Crippen molar-refractivity contribution >= 4 is 0 Å². The van der Waals surface area contributed by atoms with Gasteiger partial charge in [0.1, 0.15) is 6.10 Å². The first-order valence-corrected chi connectivity index (χ1v) is 7.32. The lowest BCUT2D eigenvalue weighted by molar-refractivity contribution is 0.187. The number of hydrogen-bond acceptors (Lipinski definition) is 3. The summed E-state index contributed by atoms with van der Waals surface area (Å²) in [5.74, 6) is 1.78. The maximum Gasteiger partial charge on any atom is 0.161 e. The minimum absolute atomic E-state index is 0.209. The fourth-order valence-electron chi connectivity index (χ4n) is 2.22. The van der Waals surface area contributed by atoms with E-state index < -0.39 is 0 Å². The molecule has 1 unspecified atom stereocenters. The second-order valence-electron chi connectivity index (χ2n) is 5.32. The molecule has 1 aliphatic rings. The van der Waals surface area contributed by atoms with Crippen LogP contribution in [0.1, 0.15) is 37.3 Å². The predicted octanol–water partition coefficient (Wildman–Crippen LogP) is 3.22. The van der Waals surface area contributed by atoms with E-state index in [1.165, 1.54) is 24.0 Å². The molecule has 1 atom stereocenters. The molecular formula is C16H25NO2. The first kappa shape index (κ1) is 14.2. The van der Waals surface area contributed by atoms with Gasteiger partial charge in [0.15, 0.2) is 11.5 Å². The molecule has 19 heavy (non-hydrogen) atoms. The molecule has 0 spiro atoms. The number of rotatable bonds is 5. The lowest BCUT2D eigenvalue weighted by Crippen LogP contribution is -2.32. The van der Waals surface area contributed by atoms with Gasteiger partial charge in [-0.1, -0.05) is 13.3 Å². The van der Waals surface area contributed by atoms with Crippen LogP contribution in [0.15, 0.2) is 12.1 Å². The van der Waals surface area contributed by atoms with Crippen LogP contribution >= 0.6 is 0 Å². The number of ether oxygens (including phenoxy) is 2. The Morgan fingerprint density at radius 2 is 1.95 bits per heavy atom. The van der Waals surface area contributed by atoms with Crippen molar-refractivity contribution in [1.29, 1.82) is 0 Å². The first-order chi connectivity index (χ1) is 9.20. The summed E-state index contributed by atoms with van der Waals surface area (Å²) >= 11 is 0. The summed E-state index contributed by atoms with van der Waals surface area (Å²) in [5, 5.41) is 3.46. The number of hydrogen-bond donors (Lipinski definition) is 1. The van der Waals surface area contributed by atoms with E-state index in [-0.39, 0.29) is 6.10 Å². The summed E-state index contributed by atoms with van der Waals surface area (Å²) < 4.78 is 11.9. The standard InChI is InChI=1S/C16H25NO2/c1-4-5-7-17-11-14-6-8-18-15-9-12(2)13(3)10-16(15)19-14/h9-10,14,17H,4-8,11H2,1-3H3. The minimum Gasteiger partial charge on any atom is -0.490 e. The summed E-state index contributed by atoms with van der Waals surface area (Å²) in [5.41, 5.74) is 2.50. The number of fused-ring (bicyclic) bond motifs is 1. The molecule has 0 fully saturated rings. The topological polar surface area (TPSA) is 30.5 Å². The van der Waals surface area contributed by atoms with E-state index in [1.807, 2.05) is 0 Å². The third kappa shape index (κ3) is 3.87. The van der Waals surface area contributed by atoms with Crippen LogP contribution < -0.4 is 14.8 Å². The van der Waals surface area contributed by atoms with Crippen LogP contribution in [0.25, 0.3) is 0 Å². The molecule has 0 aromatic heterocycles. The zero-order valence-electron chi connectivity index (χ0n) is 12.3. The summed E-state index contributed by atoms with van der Waals surface area (Å²) in [4.78, 5) is 0. The largest absolute Gasteiger partial charge is 0.490 e. The Morgan fingerprint density at radius 1 is 1.21 bits per heavy atom. The van der Waals surface area contributed by atoms with E-state index in [2.05, 4.69) is 38.2 Å². The monoisotopic (exact) mass is 263 g/mol. The molecular weight excluding hydrogens is 238 g/mol. The molecule has 2 rings (SSSR count). The van der Waals surface area contributed by atoms with E-state index in [0.29, 0.717) is 0 Å². The van der Waals surface area contributed by atoms with E-state index in [1.54, 1.807) is 0 Å². The van der Waals surface area contributed by atoms with E-state index >= 15 is 0 Å². The van der Waals surface area contributed by atoms with Crippen LogP contribution in [0.4, 0.5) is 0 Å². The fraction of sp³-hybridized carbons (Fsp3) is 0.625. The number of nitrogens with one attached hydrogen (secondary N) is 1. The van der Waals surface area contributed by atoms with Gasteiger partial charge >= 0.3 is 0 Å². The maximum absolute atomic E-state index is 6.09. The Kier molecular flexibility index (Phi) is 5.08. The zero-order valence-corrected chi connectivity index (χ0v) is 12.3. The van der Waals surface area contributed by atoms with Gasteiger partial charge in [-0.15, -0.1) is 0 Å². The van der Waals surface area contributed by atoms with Gasteiger partial charge in [-0.05, 0) is 50.1 Å². The molecule has 1 N–H and O–H groups in total. The summed E-state index contributed by atoms with van der Waals surface area (Å²) in [6.45, 7) is 9.12. The van der Waals surface area contributed by atoms with E-state index in [4.69, 9.17) is 9.47 Å². The van der Waals surface area contributed by atoms with Gasteiger partial charge < -0.3 is 14.8 Å². The Balaban J connectivity index is 1.97. The fourth-order valence-corrected chi connectivity index (χ4v) is 2.22. The Bertz CT molecular complexity index is 417. The van der Waals surface area contributed by atoms with Gasteiger partial charge in [-0.3, -0.25) is 0 Å². The predicted molar refractivity (Wildman–Crippen MR) is 78.2 cm³/mol. The van der Waals surface area contributed by atoms with Crippen LogP contribution in [0.5, 0.6) is 11.5 Å². The molecule has 0 saturated heterocycles. The molecule has 0 bridgehead atoms. The van der Waals surface area contributed by atoms with Crippen molar-refractivity contribution in [1.82, 2.24) is 5.32 Å². The van der Waals surface area contributed by atoms with Crippen molar-refractivity contribution in [3.05, 3.63) is 23.3 Å². The van der Waals surface area contributed by atoms with Crippen molar-refractivity contribution < 1.29 is 9.47 Å². The molecule has 1 aromatic rings. The molecule has 0 radical (unpaired) electrons. The average Bonchev–Trinajstić information content (AvgIpc) is 2.57. The van der Waals surface area contributed by atoms with Crippen LogP contribution in [-0.4, -0.2) is 25.8 Å². The lowest BCUT2D eigenvalue weighted by Gasteiger charge is -2.17. The second-order valence-corrected chi connectivity index (χ2v) is 5.32. The van der Waals surface area contributed by atoms with E-state index in [9.17, 15) is 0 Å². The Hall–Kier alpha value is -1.22. The van der Waals surface area contributed by atoms with Crippen molar-refractivity contribution in [3.8, 4) is 11.5 Å². The molecule has 1 aliphatic heterocycles. The highest BCUT2D eigenvalue weighted by Gasteiger charge is 2.19. The van der Waals surface area contributed by atoms with E-state index in [0.717, 1.165) is 37.6 Å². The van der Waals surface area contributed by atoms with Crippen LogP contribution in [0.3, 0.4) is 0 Å². The highest BCUT2D eigenvalue weighted by atomic mass is 16.5. The molecule has 3 heteroatoms. The van der Waals surface area contributed by atoms with Crippen molar-refractivity contribution in [2.45, 2.75) is 46.1 Å². The maximum atomic E-state index is 6.09. The van der Waals surface area contributed by atoms with Gasteiger partial charge in [-0.25, -0.2) is 0 Å². The first-order valence-electron chi connectivity index (χ1n) is 7.32. The van der Waals surface area contributed by atoms with Crippen molar-refractivity contribution in [2.75, 3.05) is 19.7 Å². The molecule has 106 valence electrons. The molecule has 0 aliphatic carbocycles. The van der Waals surface area contributed by atoms with Gasteiger partial charge in [0, 0.05) is 13.0 Å². The Labute approximate surface area is 116 Å². The van der Waals surface area contributed by atoms with Crippen LogP contribution in [0, 0.1) is 13.8 Å². The molecule has 1 aromatic carbocycles. The quantitative estimate of drug-likeness (QED) is 0.827. The number of aryl methyl sites for hydroxylation is 2. The van der Waals surface area contributed by atoms with Gasteiger partial charge in [0.25, 0.3) is 0 Å². The summed E-state index contributed by atoms with van der Waals surface area (Å²) in [6, 6.07) is 4.17. The minimum atomic E-state index is 0.209. The van der Waals surface area contributed by atoms with Gasteiger partial charge in [0.2, 0.25) is 0 Å². The smallest absolute Gasteiger partial charge is 0.161 e.